The number of rotatable bonds is 4. The Morgan fingerprint density at radius 2 is 1.84 bits per heavy atom. The zero-order chi connectivity index (χ0) is 13.2. The van der Waals surface area contributed by atoms with E-state index in [1.165, 1.54) is 64.8 Å². The van der Waals surface area contributed by atoms with Gasteiger partial charge in [0.05, 0.1) is 0 Å². The number of hydrogen-bond acceptors (Lipinski definition) is 3. The van der Waals surface area contributed by atoms with Crippen LogP contribution in [0.25, 0.3) is 0 Å². The molecule has 0 radical (unpaired) electrons. The van der Waals surface area contributed by atoms with Gasteiger partial charge in [0.1, 0.15) is 0 Å². The molecule has 0 spiro atoms. The molecule has 0 aromatic rings. The zero-order valence-electron chi connectivity index (χ0n) is 12.8. The Kier molecular flexibility index (Phi) is 4.45. The van der Waals surface area contributed by atoms with E-state index in [0.717, 1.165) is 18.0 Å². The van der Waals surface area contributed by atoms with Gasteiger partial charge in [0.15, 0.2) is 0 Å². The first kappa shape index (κ1) is 13.8. The van der Waals surface area contributed by atoms with Crippen LogP contribution >= 0.6 is 0 Å². The van der Waals surface area contributed by atoms with Gasteiger partial charge >= 0.3 is 0 Å². The molecule has 1 saturated carbocycles. The Morgan fingerprint density at radius 3 is 2.58 bits per heavy atom. The first-order valence-electron chi connectivity index (χ1n) is 8.49. The Labute approximate surface area is 118 Å². The van der Waals surface area contributed by atoms with E-state index in [4.69, 9.17) is 0 Å². The molecule has 2 aliphatic heterocycles. The van der Waals surface area contributed by atoms with Gasteiger partial charge in [0.2, 0.25) is 0 Å². The van der Waals surface area contributed by atoms with Crippen LogP contribution in [0.15, 0.2) is 0 Å². The highest BCUT2D eigenvalue weighted by Gasteiger charge is 2.37. The van der Waals surface area contributed by atoms with Gasteiger partial charge in [-0.05, 0) is 44.7 Å². The highest BCUT2D eigenvalue weighted by molar-refractivity contribution is 4.94. The lowest BCUT2D eigenvalue weighted by Gasteiger charge is -2.32. The smallest absolute Gasteiger partial charge is 0.0236 e. The normalized spacial score (nSPS) is 36.3. The third kappa shape index (κ3) is 3.32. The average molecular weight is 265 g/mol. The first-order valence-corrected chi connectivity index (χ1v) is 8.49. The summed E-state index contributed by atoms with van der Waals surface area (Å²) in [4.78, 5) is 5.56. The molecule has 3 rings (SSSR count). The van der Waals surface area contributed by atoms with E-state index in [-0.39, 0.29) is 0 Å². The van der Waals surface area contributed by atoms with Crippen LogP contribution in [0.4, 0.5) is 0 Å². The van der Waals surface area contributed by atoms with Gasteiger partial charge in [-0.25, -0.2) is 0 Å². The summed E-state index contributed by atoms with van der Waals surface area (Å²) in [6.45, 7) is 11.2. The lowest BCUT2D eigenvalue weighted by atomic mass is 9.98. The number of likely N-dealkylation sites (tertiary alicyclic amines) is 1. The van der Waals surface area contributed by atoms with Gasteiger partial charge in [-0.15, -0.1) is 0 Å². The van der Waals surface area contributed by atoms with E-state index in [1.807, 2.05) is 0 Å². The molecule has 19 heavy (non-hydrogen) atoms. The topological polar surface area (TPSA) is 18.5 Å². The highest BCUT2D eigenvalue weighted by atomic mass is 15.3. The van der Waals surface area contributed by atoms with E-state index in [9.17, 15) is 0 Å². The lowest BCUT2D eigenvalue weighted by Crippen LogP contribution is -2.46. The molecule has 3 heteroatoms. The van der Waals surface area contributed by atoms with Gasteiger partial charge < -0.3 is 5.32 Å². The van der Waals surface area contributed by atoms with Crippen LogP contribution in [0, 0.1) is 5.92 Å². The van der Waals surface area contributed by atoms with E-state index < -0.39 is 0 Å². The maximum Gasteiger partial charge on any atom is 0.0236 e. The molecule has 0 aromatic carbocycles. The minimum absolute atomic E-state index is 0.711. The van der Waals surface area contributed by atoms with Crippen LogP contribution in [0.2, 0.25) is 0 Å². The SMILES string of the molecule is CCC(C)C1CN(C2CCN(C3CC3)C2)CCCN1. The number of nitrogens with zero attached hydrogens (tertiary/aromatic N) is 2. The molecule has 3 atom stereocenters. The van der Waals surface area contributed by atoms with E-state index >= 15 is 0 Å². The monoisotopic (exact) mass is 265 g/mol. The second-order valence-electron chi connectivity index (χ2n) is 6.96. The summed E-state index contributed by atoms with van der Waals surface area (Å²) in [5.41, 5.74) is 0. The molecule has 2 saturated heterocycles. The Hall–Kier alpha value is -0.120. The summed E-state index contributed by atoms with van der Waals surface area (Å²) in [6.07, 6.45) is 6.95. The molecule has 110 valence electrons. The Balaban J connectivity index is 1.56. The summed E-state index contributed by atoms with van der Waals surface area (Å²) in [5.74, 6) is 0.807. The molecule has 3 nitrogen and oxygen atoms in total. The second kappa shape index (κ2) is 6.11. The summed E-state index contributed by atoms with van der Waals surface area (Å²) in [7, 11) is 0. The quantitative estimate of drug-likeness (QED) is 0.838. The average Bonchev–Trinajstić information content (AvgIpc) is 3.21. The molecule has 0 aromatic heterocycles. The molecule has 3 aliphatic rings. The van der Waals surface area contributed by atoms with Gasteiger partial charge in [-0.2, -0.15) is 0 Å². The Morgan fingerprint density at radius 1 is 1.05 bits per heavy atom. The molecular weight excluding hydrogens is 234 g/mol. The third-order valence-corrected chi connectivity index (χ3v) is 5.57. The maximum absolute atomic E-state index is 3.78. The predicted octanol–water partition coefficient (Wildman–Crippen LogP) is 1.93. The van der Waals surface area contributed by atoms with Crippen LogP contribution in [-0.2, 0) is 0 Å². The van der Waals surface area contributed by atoms with Crippen molar-refractivity contribution in [1.29, 1.82) is 0 Å². The van der Waals surface area contributed by atoms with Crippen molar-refractivity contribution in [1.82, 2.24) is 15.1 Å². The van der Waals surface area contributed by atoms with Gasteiger partial charge in [0.25, 0.3) is 0 Å². The van der Waals surface area contributed by atoms with Crippen LogP contribution < -0.4 is 5.32 Å². The maximum atomic E-state index is 3.78. The number of nitrogens with one attached hydrogen (secondary N) is 1. The zero-order valence-corrected chi connectivity index (χ0v) is 12.8. The summed E-state index contributed by atoms with van der Waals surface area (Å²) in [5, 5.41) is 3.78. The van der Waals surface area contributed by atoms with Gasteiger partial charge in [-0.1, -0.05) is 20.3 Å². The fourth-order valence-corrected chi connectivity index (χ4v) is 3.81. The molecule has 1 aliphatic carbocycles. The molecule has 3 fully saturated rings. The predicted molar refractivity (Wildman–Crippen MR) is 80.4 cm³/mol. The Bertz CT molecular complexity index is 290. The molecule has 1 N–H and O–H groups in total. The van der Waals surface area contributed by atoms with Gasteiger partial charge in [-0.3, -0.25) is 9.80 Å². The minimum Gasteiger partial charge on any atom is -0.312 e. The van der Waals surface area contributed by atoms with Crippen LogP contribution in [0.1, 0.15) is 46.0 Å². The van der Waals surface area contributed by atoms with Crippen molar-refractivity contribution < 1.29 is 0 Å². The van der Waals surface area contributed by atoms with Crippen molar-refractivity contribution in [2.45, 2.75) is 64.1 Å². The van der Waals surface area contributed by atoms with Crippen molar-refractivity contribution in [3.63, 3.8) is 0 Å². The molecule has 0 amide bonds. The van der Waals surface area contributed by atoms with Crippen LogP contribution in [0.5, 0.6) is 0 Å². The van der Waals surface area contributed by atoms with Crippen molar-refractivity contribution in [2.75, 3.05) is 32.7 Å². The standard InChI is InChI=1S/C16H31N3/c1-3-13(2)16-12-18(9-4-8-17-16)15-7-10-19(11-15)14-5-6-14/h13-17H,3-12H2,1-2H3. The van der Waals surface area contributed by atoms with Crippen molar-refractivity contribution in [2.24, 2.45) is 5.92 Å². The van der Waals surface area contributed by atoms with Crippen LogP contribution in [-0.4, -0.2) is 60.6 Å². The van der Waals surface area contributed by atoms with E-state index in [0.29, 0.717) is 6.04 Å². The largest absolute Gasteiger partial charge is 0.312 e. The fraction of sp³-hybridized carbons (Fsp3) is 1.00. The summed E-state index contributed by atoms with van der Waals surface area (Å²) < 4.78 is 0. The first-order chi connectivity index (χ1) is 9.28. The number of hydrogen-bond donors (Lipinski definition) is 1. The molecule has 0 bridgehead atoms. The highest BCUT2D eigenvalue weighted by Crippen LogP contribution is 2.31. The van der Waals surface area contributed by atoms with Crippen molar-refractivity contribution >= 4 is 0 Å². The molecule has 2 heterocycles. The van der Waals surface area contributed by atoms with Crippen LogP contribution in [0.3, 0.4) is 0 Å². The second-order valence-corrected chi connectivity index (χ2v) is 6.96. The fourth-order valence-electron chi connectivity index (χ4n) is 3.81. The van der Waals surface area contributed by atoms with Crippen molar-refractivity contribution in [3.8, 4) is 0 Å². The van der Waals surface area contributed by atoms with E-state index in [1.54, 1.807) is 0 Å². The van der Waals surface area contributed by atoms with Gasteiger partial charge in [0, 0.05) is 37.8 Å². The van der Waals surface area contributed by atoms with E-state index in [2.05, 4.69) is 29.0 Å². The summed E-state index contributed by atoms with van der Waals surface area (Å²) >= 11 is 0. The lowest BCUT2D eigenvalue weighted by molar-refractivity contribution is 0.173. The molecule has 3 unspecified atom stereocenters. The summed E-state index contributed by atoms with van der Waals surface area (Å²) in [6, 6.07) is 2.51. The minimum atomic E-state index is 0.711. The molecular formula is C16H31N3. The van der Waals surface area contributed by atoms with Crippen molar-refractivity contribution in [3.05, 3.63) is 0 Å². The third-order valence-electron chi connectivity index (χ3n) is 5.57.